The molecular formula is C15H24N4OS. The molecule has 2 N–H and O–H groups in total. The zero-order valence-corrected chi connectivity index (χ0v) is 13.8. The van der Waals surface area contributed by atoms with Gasteiger partial charge in [-0.25, -0.2) is 4.98 Å². The maximum absolute atomic E-state index is 5.31. The van der Waals surface area contributed by atoms with Gasteiger partial charge in [-0.2, -0.15) is 0 Å². The Bertz CT molecular complexity index is 522. The van der Waals surface area contributed by atoms with E-state index in [1.165, 1.54) is 10.5 Å². The first-order valence-electron chi connectivity index (χ1n) is 7.32. The standard InChI is InChI=1S/C15H24N4OS/c1-11-14(21-12(2)19-11)10-18-15(16-3)17-7-4-13-5-8-20-9-6-13/h5H,4,6-10H2,1-3H3,(H2,16,17,18). The lowest BCUT2D eigenvalue weighted by molar-refractivity contribution is 0.153. The molecule has 5 nitrogen and oxygen atoms in total. The summed E-state index contributed by atoms with van der Waals surface area (Å²) in [7, 11) is 1.80. The van der Waals surface area contributed by atoms with E-state index in [2.05, 4.69) is 26.7 Å². The molecule has 2 rings (SSSR count). The van der Waals surface area contributed by atoms with E-state index in [4.69, 9.17) is 4.74 Å². The Labute approximate surface area is 130 Å². The van der Waals surface area contributed by atoms with Gasteiger partial charge < -0.3 is 15.4 Å². The third-order valence-electron chi connectivity index (χ3n) is 3.44. The van der Waals surface area contributed by atoms with Crippen molar-refractivity contribution >= 4 is 17.3 Å². The van der Waals surface area contributed by atoms with Gasteiger partial charge in [0.15, 0.2) is 5.96 Å². The van der Waals surface area contributed by atoms with Crippen LogP contribution in [0.15, 0.2) is 16.6 Å². The molecule has 0 aliphatic carbocycles. The highest BCUT2D eigenvalue weighted by molar-refractivity contribution is 7.11. The van der Waals surface area contributed by atoms with E-state index in [0.29, 0.717) is 0 Å². The van der Waals surface area contributed by atoms with Gasteiger partial charge in [0.2, 0.25) is 0 Å². The third kappa shape index (κ3) is 5.13. The molecule has 0 amide bonds. The van der Waals surface area contributed by atoms with E-state index in [0.717, 1.165) is 55.8 Å². The lowest BCUT2D eigenvalue weighted by Crippen LogP contribution is -2.37. The summed E-state index contributed by atoms with van der Waals surface area (Å²) >= 11 is 1.73. The molecule has 2 heterocycles. The molecule has 21 heavy (non-hydrogen) atoms. The van der Waals surface area contributed by atoms with Crippen LogP contribution in [0, 0.1) is 13.8 Å². The number of hydrogen-bond donors (Lipinski definition) is 2. The Balaban J connectivity index is 1.73. The summed E-state index contributed by atoms with van der Waals surface area (Å²) in [4.78, 5) is 9.96. The average molecular weight is 308 g/mol. The van der Waals surface area contributed by atoms with Crippen LogP contribution in [0.3, 0.4) is 0 Å². The van der Waals surface area contributed by atoms with Gasteiger partial charge >= 0.3 is 0 Å². The molecule has 1 aromatic rings. The Kier molecular flexibility index (Phi) is 6.20. The molecule has 0 aromatic carbocycles. The van der Waals surface area contributed by atoms with Crippen LogP contribution in [0.4, 0.5) is 0 Å². The Morgan fingerprint density at radius 3 is 2.90 bits per heavy atom. The van der Waals surface area contributed by atoms with Crippen LogP contribution < -0.4 is 10.6 Å². The van der Waals surface area contributed by atoms with Gasteiger partial charge in [-0.05, 0) is 26.7 Å². The van der Waals surface area contributed by atoms with Crippen molar-refractivity contribution in [1.29, 1.82) is 0 Å². The molecule has 0 bridgehead atoms. The zero-order valence-electron chi connectivity index (χ0n) is 13.0. The summed E-state index contributed by atoms with van der Waals surface area (Å²) in [5.74, 6) is 0.841. The molecule has 0 saturated carbocycles. The van der Waals surface area contributed by atoms with Crippen molar-refractivity contribution in [3.05, 3.63) is 27.2 Å². The fourth-order valence-electron chi connectivity index (χ4n) is 2.26. The average Bonchev–Trinajstić information content (AvgIpc) is 2.81. The largest absolute Gasteiger partial charge is 0.377 e. The smallest absolute Gasteiger partial charge is 0.191 e. The van der Waals surface area contributed by atoms with Crippen molar-refractivity contribution < 1.29 is 4.74 Å². The highest BCUT2D eigenvalue weighted by Gasteiger charge is 2.07. The fourth-order valence-corrected chi connectivity index (χ4v) is 3.13. The minimum Gasteiger partial charge on any atom is -0.377 e. The minimum atomic E-state index is 0.756. The quantitative estimate of drug-likeness (QED) is 0.497. The van der Waals surface area contributed by atoms with E-state index < -0.39 is 0 Å². The van der Waals surface area contributed by atoms with Crippen molar-refractivity contribution in [2.24, 2.45) is 4.99 Å². The van der Waals surface area contributed by atoms with E-state index in [9.17, 15) is 0 Å². The van der Waals surface area contributed by atoms with Crippen LogP contribution in [0.1, 0.15) is 28.4 Å². The molecule has 0 radical (unpaired) electrons. The monoisotopic (exact) mass is 308 g/mol. The van der Waals surface area contributed by atoms with Gasteiger partial charge in [-0.15, -0.1) is 11.3 Å². The summed E-state index contributed by atoms with van der Waals surface area (Å²) in [6, 6.07) is 0. The lowest BCUT2D eigenvalue weighted by atomic mass is 10.1. The number of nitrogens with one attached hydrogen (secondary N) is 2. The highest BCUT2D eigenvalue weighted by Crippen LogP contribution is 2.16. The molecule has 6 heteroatoms. The van der Waals surface area contributed by atoms with Crippen LogP contribution in [-0.2, 0) is 11.3 Å². The first-order chi connectivity index (χ1) is 10.2. The van der Waals surface area contributed by atoms with Gasteiger partial charge in [0, 0.05) is 18.5 Å². The summed E-state index contributed by atoms with van der Waals surface area (Å²) in [5, 5.41) is 7.81. The third-order valence-corrected chi connectivity index (χ3v) is 4.51. The van der Waals surface area contributed by atoms with Crippen molar-refractivity contribution in [2.45, 2.75) is 33.2 Å². The molecule has 0 spiro atoms. The summed E-state index contributed by atoms with van der Waals surface area (Å²) in [5.41, 5.74) is 2.57. The molecule has 0 saturated heterocycles. The van der Waals surface area contributed by atoms with E-state index in [-0.39, 0.29) is 0 Å². The van der Waals surface area contributed by atoms with Crippen LogP contribution in [0.2, 0.25) is 0 Å². The van der Waals surface area contributed by atoms with Crippen molar-refractivity contribution in [3.8, 4) is 0 Å². The molecular weight excluding hydrogens is 284 g/mol. The summed E-state index contributed by atoms with van der Waals surface area (Å²) in [6.07, 6.45) is 4.28. The number of ether oxygens (including phenoxy) is 1. The number of rotatable bonds is 5. The second-order valence-corrected chi connectivity index (χ2v) is 6.32. The maximum Gasteiger partial charge on any atom is 0.191 e. The van der Waals surface area contributed by atoms with Crippen molar-refractivity contribution in [1.82, 2.24) is 15.6 Å². The molecule has 0 unspecified atom stereocenters. The maximum atomic E-state index is 5.31. The van der Waals surface area contributed by atoms with Gasteiger partial charge in [-0.3, -0.25) is 4.99 Å². The Morgan fingerprint density at radius 1 is 1.43 bits per heavy atom. The number of aryl methyl sites for hydroxylation is 2. The predicted molar refractivity (Wildman–Crippen MR) is 87.9 cm³/mol. The number of guanidine groups is 1. The molecule has 1 aliphatic heterocycles. The SMILES string of the molecule is CN=C(NCCC1=CCOCC1)NCc1sc(C)nc1C. The lowest BCUT2D eigenvalue weighted by Gasteiger charge is -2.15. The number of hydrogen-bond acceptors (Lipinski definition) is 4. The first kappa shape index (κ1) is 16.0. The second kappa shape index (κ2) is 8.14. The number of thiazole rings is 1. The molecule has 1 aromatic heterocycles. The van der Waals surface area contributed by atoms with Crippen molar-refractivity contribution in [2.75, 3.05) is 26.8 Å². The highest BCUT2D eigenvalue weighted by atomic mass is 32.1. The number of aliphatic imine (C=N–C) groups is 1. The Hall–Kier alpha value is -1.40. The van der Waals surface area contributed by atoms with E-state index >= 15 is 0 Å². The minimum absolute atomic E-state index is 0.756. The molecule has 116 valence electrons. The van der Waals surface area contributed by atoms with Gasteiger partial charge in [0.1, 0.15) is 0 Å². The van der Waals surface area contributed by atoms with Crippen LogP contribution in [0.25, 0.3) is 0 Å². The van der Waals surface area contributed by atoms with Crippen LogP contribution in [0.5, 0.6) is 0 Å². The van der Waals surface area contributed by atoms with E-state index in [1.54, 1.807) is 18.4 Å². The van der Waals surface area contributed by atoms with Crippen LogP contribution in [-0.4, -0.2) is 37.7 Å². The summed E-state index contributed by atoms with van der Waals surface area (Å²) in [6.45, 7) is 7.36. The number of aromatic nitrogens is 1. The van der Waals surface area contributed by atoms with Gasteiger partial charge in [0.05, 0.1) is 30.5 Å². The molecule has 1 aliphatic rings. The van der Waals surface area contributed by atoms with E-state index in [1.807, 2.05) is 13.8 Å². The normalized spacial score (nSPS) is 15.8. The first-order valence-corrected chi connectivity index (χ1v) is 8.13. The topological polar surface area (TPSA) is 58.5 Å². The predicted octanol–water partition coefficient (Wildman–Crippen LogP) is 2.16. The second-order valence-electron chi connectivity index (χ2n) is 5.03. The summed E-state index contributed by atoms with van der Waals surface area (Å²) < 4.78 is 5.31. The van der Waals surface area contributed by atoms with Gasteiger partial charge in [0.25, 0.3) is 0 Å². The van der Waals surface area contributed by atoms with Crippen molar-refractivity contribution in [3.63, 3.8) is 0 Å². The molecule has 0 atom stereocenters. The van der Waals surface area contributed by atoms with Gasteiger partial charge in [-0.1, -0.05) is 11.6 Å². The number of nitrogens with zero attached hydrogens (tertiary/aromatic N) is 2. The Morgan fingerprint density at radius 2 is 2.29 bits per heavy atom. The van der Waals surface area contributed by atoms with Crippen LogP contribution >= 0.6 is 11.3 Å². The zero-order chi connectivity index (χ0) is 15.1. The fraction of sp³-hybridized carbons (Fsp3) is 0.600. The molecule has 0 fully saturated rings.